The summed E-state index contributed by atoms with van der Waals surface area (Å²) in [6, 6.07) is 26.4. The fraction of sp³-hybridized carbons (Fsp3) is 0.441. The summed E-state index contributed by atoms with van der Waals surface area (Å²) in [6.45, 7) is 8.70. The Balaban J connectivity index is 1.10. The molecule has 1 spiro atoms. The third-order valence-corrected chi connectivity index (χ3v) is 9.77. The van der Waals surface area contributed by atoms with Crippen LogP contribution in [0.15, 0.2) is 72.8 Å². The van der Waals surface area contributed by atoms with Crippen LogP contribution < -0.4 is 15.4 Å². The first kappa shape index (κ1) is 26.9. The lowest BCUT2D eigenvalue weighted by Gasteiger charge is -2.58. The number of piperidine rings is 1. The lowest BCUT2D eigenvalue weighted by molar-refractivity contribution is -0.0627. The summed E-state index contributed by atoms with van der Waals surface area (Å²) in [6.07, 6.45) is 5.10. The minimum atomic E-state index is -0.366. The van der Waals surface area contributed by atoms with E-state index in [4.69, 9.17) is 10.5 Å². The van der Waals surface area contributed by atoms with Gasteiger partial charge in [-0.05, 0) is 91.1 Å². The minimum Gasteiger partial charge on any atom is -0.497 e. The summed E-state index contributed by atoms with van der Waals surface area (Å²) < 4.78 is 5.36. The van der Waals surface area contributed by atoms with Crippen LogP contribution in [0.4, 0.5) is 5.69 Å². The molecule has 1 amide bonds. The molecule has 40 heavy (non-hydrogen) atoms. The number of rotatable bonds is 7. The quantitative estimate of drug-likeness (QED) is 0.436. The van der Waals surface area contributed by atoms with Crippen molar-refractivity contribution in [2.24, 2.45) is 11.1 Å². The van der Waals surface area contributed by atoms with Gasteiger partial charge < -0.3 is 15.4 Å². The first-order valence-electron chi connectivity index (χ1n) is 14.7. The van der Waals surface area contributed by atoms with Crippen molar-refractivity contribution in [3.05, 3.63) is 95.1 Å². The number of nitrogens with zero attached hydrogens (tertiary/aromatic N) is 3. The second kappa shape index (κ2) is 11.3. The van der Waals surface area contributed by atoms with Crippen LogP contribution in [0.1, 0.15) is 58.8 Å². The molecule has 3 fully saturated rings. The van der Waals surface area contributed by atoms with Crippen LogP contribution in [0.5, 0.6) is 5.75 Å². The maximum absolute atomic E-state index is 11.4. The molecule has 1 unspecified atom stereocenters. The zero-order valence-electron chi connectivity index (χ0n) is 23.9. The molecule has 3 aliphatic rings. The van der Waals surface area contributed by atoms with Gasteiger partial charge in [0.2, 0.25) is 5.91 Å². The number of hydrogen-bond donors (Lipinski definition) is 1. The van der Waals surface area contributed by atoms with Gasteiger partial charge in [0.15, 0.2) is 0 Å². The standard InChI is InChI=1S/C34H42N4O2/c1-25-5-3-4-6-31(25)32-24-36(23-26-7-13-30(40-2)14-8-26)19-20-38(32)29-21-34(22-29)15-17-37(18-16-34)28-11-9-27(10-12-28)33(35)39/h3-14,29,32H,15-24H2,1-2H3,(H2,35,39). The zero-order chi connectivity index (χ0) is 27.7. The third kappa shape index (κ3) is 5.48. The molecule has 3 aromatic rings. The molecule has 2 N–H and O–H groups in total. The second-order valence-electron chi connectivity index (χ2n) is 12.2. The van der Waals surface area contributed by atoms with Crippen LogP contribution in [-0.2, 0) is 6.54 Å². The van der Waals surface area contributed by atoms with E-state index >= 15 is 0 Å². The zero-order valence-corrected chi connectivity index (χ0v) is 23.9. The Kier molecular flexibility index (Phi) is 7.56. The van der Waals surface area contributed by atoms with E-state index in [2.05, 4.69) is 70.2 Å². The number of amides is 1. The predicted octanol–water partition coefficient (Wildman–Crippen LogP) is 5.41. The molecule has 2 aliphatic heterocycles. The molecule has 0 aromatic heterocycles. The van der Waals surface area contributed by atoms with Crippen LogP contribution >= 0.6 is 0 Å². The van der Waals surface area contributed by atoms with Crippen molar-refractivity contribution in [1.82, 2.24) is 9.80 Å². The Morgan fingerprint density at radius 2 is 1.62 bits per heavy atom. The predicted molar refractivity (Wildman–Crippen MR) is 161 cm³/mol. The Hall–Kier alpha value is -3.35. The number of methoxy groups -OCH3 is 1. The molecule has 210 valence electrons. The summed E-state index contributed by atoms with van der Waals surface area (Å²) in [5.74, 6) is 0.548. The van der Waals surface area contributed by atoms with Crippen LogP contribution in [0.25, 0.3) is 0 Å². The van der Waals surface area contributed by atoms with Gasteiger partial charge in [-0.3, -0.25) is 14.6 Å². The van der Waals surface area contributed by atoms with Crippen molar-refractivity contribution in [3.63, 3.8) is 0 Å². The Labute approximate surface area is 238 Å². The monoisotopic (exact) mass is 538 g/mol. The van der Waals surface area contributed by atoms with Crippen molar-refractivity contribution < 1.29 is 9.53 Å². The van der Waals surface area contributed by atoms with Crippen molar-refractivity contribution in [1.29, 1.82) is 0 Å². The van der Waals surface area contributed by atoms with E-state index < -0.39 is 0 Å². The van der Waals surface area contributed by atoms with E-state index in [9.17, 15) is 4.79 Å². The van der Waals surface area contributed by atoms with Crippen molar-refractivity contribution >= 4 is 11.6 Å². The molecule has 0 radical (unpaired) electrons. The number of carbonyl (C=O) groups excluding carboxylic acids is 1. The molecular formula is C34H42N4O2. The molecule has 6 heteroatoms. The van der Waals surface area contributed by atoms with E-state index in [0.717, 1.165) is 45.0 Å². The summed E-state index contributed by atoms with van der Waals surface area (Å²) in [7, 11) is 1.72. The molecule has 1 aliphatic carbocycles. The minimum absolute atomic E-state index is 0.366. The highest BCUT2D eigenvalue weighted by molar-refractivity contribution is 5.93. The molecule has 1 atom stereocenters. The number of primary amides is 1. The molecular weight excluding hydrogens is 496 g/mol. The highest BCUT2D eigenvalue weighted by Crippen LogP contribution is 2.53. The number of nitrogens with two attached hydrogens (primary N) is 1. The topological polar surface area (TPSA) is 62.0 Å². The molecule has 3 aromatic carbocycles. The summed E-state index contributed by atoms with van der Waals surface area (Å²) in [4.78, 5) is 19.4. The van der Waals surface area contributed by atoms with Crippen LogP contribution in [0, 0.1) is 12.3 Å². The summed E-state index contributed by atoms with van der Waals surface area (Å²) in [5, 5.41) is 0. The maximum Gasteiger partial charge on any atom is 0.248 e. The van der Waals surface area contributed by atoms with Gasteiger partial charge in [-0.1, -0.05) is 36.4 Å². The smallest absolute Gasteiger partial charge is 0.248 e. The number of hydrogen-bond acceptors (Lipinski definition) is 5. The van der Waals surface area contributed by atoms with Crippen LogP contribution in [-0.4, -0.2) is 61.6 Å². The number of anilines is 1. The van der Waals surface area contributed by atoms with Crippen molar-refractivity contribution in [3.8, 4) is 5.75 Å². The van der Waals surface area contributed by atoms with Crippen molar-refractivity contribution in [2.45, 2.75) is 51.2 Å². The average Bonchev–Trinajstić information content (AvgIpc) is 2.97. The Morgan fingerprint density at radius 1 is 0.925 bits per heavy atom. The Bertz CT molecular complexity index is 1310. The van der Waals surface area contributed by atoms with Gasteiger partial charge in [-0.15, -0.1) is 0 Å². The molecule has 1 saturated carbocycles. The van der Waals surface area contributed by atoms with Gasteiger partial charge in [0.25, 0.3) is 0 Å². The SMILES string of the molecule is COc1ccc(CN2CCN(C3CC4(CCN(c5ccc(C(N)=O)cc5)CC4)C3)C(c3ccccc3C)C2)cc1. The number of carbonyl (C=O) groups is 1. The average molecular weight is 539 g/mol. The molecule has 2 heterocycles. The lowest BCUT2D eigenvalue weighted by Crippen LogP contribution is -2.59. The van der Waals surface area contributed by atoms with Gasteiger partial charge in [0.05, 0.1) is 7.11 Å². The van der Waals surface area contributed by atoms with E-state index in [1.165, 1.54) is 48.1 Å². The fourth-order valence-corrected chi connectivity index (χ4v) is 7.32. The van der Waals surface area contributed by atoms with E-state index in [-0.39, 0.29) is 5.91 Å². The number of aryl methyl sites for hydroxylation is 1. The maximum atomic E-state index is 11.4. The van der Waals surface area contributed by atoms with Gasteiger partial charge in [0, 0.05) is 62.6 Å². The molecule has 0 bridgehead atoms. The van der Waals surface area contributed by atoms with E-state index in [0.29, 0.717) is 23.1 Å². The first-order valence-corrected chi connectivity index (χ1v) is 14.7. The summed E-state index contributed by atoms with van der Waals surface area (Å²) >= 11 is 0. The van der Waals surface area contributed by atoms with E-state index in [1.54, 1.807) is 7.11 Å². The molecule has 6 nitrogen and oxygen atoms in total. The van der Waals surface area contributed by atoms with Gasteiger partial charge >= 0.3 is 0 Å². The number of benzene rings is 3. The number of piperazine rings is 1. The summed E-state index contributed by atoms with van der Waals surface area (Å²) in [5.41, 5.74) is 11.9. The lowest BCUT2D eigenvalue weighted by atomic mass is 9.59. The normalized spacial score (nSPS) is 21.8. The third-order valence-electron chi connectivity index (χ3n) is 9.77. The molecule has 6 rings (SSSR count). The van der Waals surface area contributed by atoms with E-state index in [1.807, 2.05) is 24.3 Å². The molecule has 2 saturated heterocycles. The van der Waals surface area contributed by atoms with Gasteiger partial charge in [-0.25, -0.2) is 0 Å². The van der Waals surface area contributed by atoms with Crippen LogP contribution in [0.3, 0.4) is 0 Å². The number of ether oxygens (including phenoxy) is 1. The largest absolute Gasteiger partial charge is 0.497 e. The highest BCUT2D eigenvalue weighted by atomic mass is 16.5. The Morgan fingerprint density at radius 3 is 2.27 bits per heavy atom. The van der Waals surface area contributed by atoms with Crippen molar-refractivity contribution in [2.75, 3.05) is 44.7 Å². The second-order valence-corrected chi connectivity index (χ2v) is 12.2. The van der Waals surface area contributed by atoms with Gasteiger partial charge in [-0.2, -0.15) is 0 Å². The first-order chi connectivity index (χ1) is 19.4. The van der Waals surface area contributed by atoms with Crippen LogP contribution in [0.2, 0.25) is 0 Å². The fourth-order valence-electron chi connectivity index (χ4n) is 7.32. The van der Waals surface area contributed by atoms with Gasteiger partial charge in [0.1, 0.15) is 5.75 Å². The highest BCUT2D eigenvalue weighted by Gasteiger charge is 2.49.